The van der Waals surface area contributed by atoms with Crippen LogP contribution in [0.3, 0.4) is 0 Å². The second-order valence-corrected chi connectivity index (χ2v) is 5.53. The molecule has 0 aliphatic heterocycles. The summed E-state index contributed by atoms with van der Waals surface area (Å²) in [5.74, 6) is 0. The number of halogens is 1. The summed E-state index contributed by atoms with van der Waals surface area (Å²) in [4.78, 5) is 7.72. The molecule has 0 aliphatic carbocycles. The van der Waals surface area contributed by atoms with Crippen molar-refractivity contribution in [1.82, 2.24) is 9.88 Å². The van der Waals surface area contributed by atoms with E-state index in [0.29, 0.717) is 6.54 Å². The first-order valence-corrected chi connectivity index (χ1v) is 7.00. The Morgan fingerprint density at radius 1 is 1.50 bits per heavy atom. The molecule has 3 nitrogen and oxygen atoms in total. The topological polar surface area (TPSA) is 42.2 Å². The van der Waals surface area contributed by atoms with Crippen LogP contribution in [0.25, 0.3) is 0 Å². The van der Waals surface area contributed by atoms with E-state index in [9.17, 15) is 0 Å². The van der Waals surface area contributed by atoms with E-state index in [2.05, 4.69) is 16.9 Å². The Hall–Kier alpha value is -0.940. The molecule has 0 spiro atoms. The number of nitrogens with two attached hydrogens (primary N) is 1. The molecule has 96 valence electrons. The third kappa shape index (κ3) is 3.29. The van der Waals surface area contributed by atoms with Gasteiger partial charge in [-0.3, -0.25) is 9.88 Å². The van der Waals surface area contributed by atoms with Gasteiger partial charge in [-0.25, -0.2) is 0 Å². The molecule has 0 radical (unpaired) electrons. The maximum atomic E-state index is 5.97. The molecule has 18 heavy (non-hydrogen) atoms. The highest BCUT2D eigenvalue weighted by Gasteiger charge is 2.17. The van der Waals surface area contributed by atoms with Gasteiger partial charge in [0.1, 0.15) is 0 Å². The average molecular weight is 282 g/mol. The van der Waals surface area contributed by atoms with Crippen LogP contribution in [0.1, 0.15) is 16.6 Å². The molecule has 0 saturated heterocycles. The van der Waals surface area contributed by atoms with Gasteiger partial charge in [0.05, 0.1) is 16.8 Å². The van der Waals surface area contributed by atoms with Crippen molar-refractivity contribution < 1.29 is 0 Å². The van der Waals surface area contributed by atoms with Crippen molar-refractivity contribution in [3.63, 3.8) is 0 Å². The molecule has 5 heteroatoms. The smallest absolute Gasteiger partial charge is 0.0565 e. The second-order valence-electron chi connectivity index (χ2n) is 4.15. The molecule has 0 amide bonds. The first-order valence-electron chi connectivity index (χ1n) is 5.75. The van der Waals surface area contributed by atoms with Crippen LogP contribution in [0.2, 0.25) is 5.02 Å². The number of rotatable bonds is 5. The fourth-order valence-corrected chi connectivity index (χ4v) is 3.13. The predicted molar refractivity (Wildman–Crippen MR) is 76.8 cm³/mol. The summed E-state index contributed by atoms with van der Waals surface area (Å²) in [5, 5.41) is 2.72. The van der Waals surface area contributed by atoms with Crippen molar-refractivity contribution in [2.24, 2.45) is 5.73 Å². The summed E-state index contributed by atoms with van der Waals surface area (Å²) >= 11 is 7.61. The van der Waals surface area contributed by atoms with Crippen molar-refractivity contribution in [3.8, 4) is 0 Å². The van der Waals surface area contributed by atoms with Crippen LogP contribution in [-0.4, -0.2) is 23.5 Å². The maximum Gasteiger partial charge on any atom is 0.0565 e. The number of thiophene rings is 1. The number of nitrogens with zero attached hydrogens (tertiary/aromatic N) is 2. The summed E-state index contributed by atoms with van der Waals surface area (Å²) in [7, 11) is 2.06. The summed E-state index contributed by atoms with van der Waals surface area (Å²) in [6.45, 7) is 1.35. The molecule has 2 N–H and O–H groups in total. The SMILES string of the molecule is CN(Cc1ccccn1)C(CN)c1cc(Cl)cs1. The predicted octanol–water partition coefficient (Wildman–Crippen LogP) is 2.93. The van der Waals surface area contributed by atoms with Crippen LogP contribution in [0, 0.1) is 0 Å². The molecule has 2 aromatic heterocycles. The van der Waals surface area contributed by atoms with Crippen molar-refractivity contribution in [2.45, 2.75) is 12.6 Å². The summed E-state index contributed by atoms with van der Waals surface area (Å²) in [5.41, 5.74) is 6.91. The molecule has 2 aromatic rings. The van der Waals surface area contributed by atoms with Gasteiger partial charge < -0.3 is 5.73 Å². The lowest BCUT2D eigenvalue weighted by Crippen LogP contribution is -2.29. The molecular formula is C13H16ClN3S. The number of likely N-dealkylation sites (N-methyl/N-ethyl adjacent to an activating group) is 1. The van der Waals surface area contributed by atoms with Crippen molar-refractivity contribution in [2.75, 3.05) is 13.6 Å². The Morgan fingerprint density at radius 2 is 2.33 bits per heavy atom. The van der Waals surface area contributed by atoms with E-state index in [4.69, 9.17) is 17.3 Å². The normalized spacial score (nSPS) is 12.9. The Morgan fingerprint density at radius 3 is 2.89 bits per heavy atom. The number of pyridine rings is 1. The number of aromatic nitrogens is 1. The highest BCUT2D eigenvalue weighted by atomic mass is 35.5. The zero-order valence-electron chi connectivity index (χ0n) is 10.2. The number of hydrogen-bond acceptors (Lipinski definition) is 4. The van der Waals surface area contributed by atoms with Crippen molar-refractivity contribution >= 4 is 22.9 Å². The minimum Gasteiger partial charge on any atom is -0.329 e. The zero-order valence-corrected chi connectivity index (χ0v) is 11.8. The lowest BCUT2D eigenvalue weighted by molar-refractivity contribution is 0.242. The summed E-state index contributed by atoms with van der Waals surface area (Å²) in [6, 6.07) is 8.10. The van der Waals surface area contributed by atoms with Crippen LogP contribution in [-0.2, 0) is 6.54 Å². The molecule has 0 aliphatic rings. The van der Waals surface area contributed by atoms with Gasteiger partial charge in [0.25, 0.3) is 0 Å². The maximum absolute atomic E-state index is 5.97. The minimum absolute atomic E-state index is 0.185. The average Bonchev–Trinajstić information content (AvgIpc) is 2.78. The highest BCUT2D eigenvalue weighted by molar-refractivity contribution is 7.10. The van der Waals surface area contributed by atoms with Gasteiger partial charge in [-0.1, -0.05) is 17.7 Å². The summed E-state index contributed by atoms with van der Waals surface area (Å²) in [6.07, 6.45) is 1.81. The second kappa shape index (κ2) is 6.29. The van der Waals surface area contributed by atoms with Gasteiger partial charge in [-0.2, -0.15) is 0 Å². The van der Waals surface area contributed by atoms with Crippen LogP contribution in [0.15, 0.2) is 35.8 Å². The fraction of sp³-hybridized carbons (Fsp3) is 0.308. The Balaban J connectivity index is 2.08. The van der Waals surface area contributed by atoms with Gasteiger partial charge in [0, 0.05) is 29.5 Å². The summed E-state index contributed by atoms with van der Waals surface area (Å²) < 4.78 is 0. The molecule has 0 bridgehead atoms. The molecular weight excluding hydrogens is 266 g/mol. The van der Waals surface area contributed by atoms with Crippen LogP contribution >= 0.6 is 22.9 Å². The van der Waals surface area contributed by atoms with Gasteiger partial charge in [0.15, 0.2) is 0 Å². The molecule has 2 heterocycles. The van der Waals surface area contributed by atoms with Crippen LogP contribution in [0.5, 0.6) is 0 Å². The Labute approximate surface area is 116 Å². The molecule has 0 aromatic carbocycles. The standard InChI is InChI=1S/C13H16ClN3S/c1-17(8-11-4-2-3-5-16-11)12(7-15)13-6-10(14)9-18-13/h2-6,9,12H,7-8,15H2,1H3. The van der Waals surface area contributed by atoms with Crippen LogP contribution < -0.4 is 5.73 Å². The van der Waals surface area contributed by atoms with E-state index >= 15 is 0 Å². The molecule has 1 unspecified atom stereocenters. The van der Waals surface area contributed by atoms with Gasteiger partial charge in [-0.15, -0.1) is 11.3 Å². The molecule has 0 saturated carbocycles. The minimum atomic E-state index is 0.185. The monoisotopic (exact) mass is 281 g/mol. The fourth-order valence-electron chi connectivity index (χ4n) is 1.87. The van der Waals surface area contributed by atoms with Gasteiger partial charge in [-0.05, 0) is 25.2 Å². The van der Waals surface area contributed by atoms with Crippen molar-refractivity contribution in [1.29, 1.82) is 0 Å². The first-order chi connectivity index (χ1) is 8.70. The lowest BCUT2D eigenvalue weighted by Gasteiger charge is -2.25. The Bertz CT molecular complexity index is 486. The van der Waals surface area contributed by atoms with E-state index < -0.39 is 0 Å². The van der Waals surface area contributed by atoms with Crippen molar-refractivity contribution in [3.05, 3.63) is 51.4 Å². The van der Waals surface area contributed by atoms with Gasteiger partial charge in [0.2, 0.25) is 0 Å². The largest absolute Gasteiger partial charge is 0.329 e. The van der Waals surface area contributed by atoms with E-state index in [0.717, 1.165) is 17.3 Å². The zero-order chi connectivity index (χ0) is 13.0. The lowest BCUT2D eigenvalue weighted by atomic mass is 10.2. The first kappa shape index (κ1) is 13.5. The van der Waals surface area contributed by atoms with E-state index in [1.165, 1.54) is 4.88 Å². The molecule has 0 fully saturated rings. The number of hydrogen-bond donors (Lipinski definition) is 1. The quantitative estimate of drug-likeness (QED) is 0.916. The van der Waals surface area contributed by atoms with E-state index in [-0.39, 0.29) is 6.04 Å². The van der Waals surface area contributed by atoms with Gasteiger partial charge >= 0.3 is 0 Å². The third-order valence-corrected chi connectivity index (χ3v) is 4.19. The molecule has 1 atom stereocenters. The van der Waals surface area contributed by atoms with Crippen LogP contribution in [0.4, 0.5) is 0 Å². The third-order valence-electron chi connectivity index (χ3n) is 2.81. The Kier molecular flexibility index (Phi) is 4.72. The highest BCUT2D eigenvalue weighted by Crippen LogP contribution is 2.28. The van der Waals surface area contributed by atoms with E-state index in [1.54, 1.807) is 11.3 Å². The van der Waals surface area contributed by atoms with E-state index in [1.807, 2.05) is 35.8 Å². The molecule has 2 rings (SSSR count).